The lowest BCUT2D eigenvalue weighted by molar-refractivity contribution is -0.385. The van der Waals surface area contributed by atoms with Gasteiger partial charge in [0.25, 0.3) is 11.6 Å². The van der Waals surface area contributed by atoms with E-state index in [4.69, 9.17) is 14.2 Å². The molecule has 9 nitrogen and oxygen atoms in total. The molecule has 0 saturated heterocycles. The lowest BCUT2D eigenvalue weighted by Gasteiger charge is -2.10. The molecule has 146 valence electrons. The van der Waals surface area contributed by atoms with E-state index < -0.39 is 10.8 Å². The number of hydrogen-bond donors (Lipinski definition) is 1. The number of rotatable bonds is 6. The smallest absolute Gasteiger partial charge is 0.282 e. The molecule has 2 aromatic rings. The highest BCUT2D eigenvalue weighted by Crippen LogP contribution is 2.37. The number of benzene rings is 2. The molecular weight excluding hydrogens is 502 g/mol. The monoisotopic (exact) mass is 513 g/mol. The minimum absolute atomic E-state index is 0.00864. The van der Waals surface area contributed by atoms with Crippen LogP contribution in [0, 0.1) is 17.0 Å². The highest BCUT2D eigenvalue weighted by molar-refractivity contribution is 9.11. The van der Waals surface area contributed by atoms with Crippen LogP contribution in [0.15, 0.2) is 38.3 Å². The lowest BCUT2D eigenvalue weighted by atomic mass is 10.1. The van der Waals surface area contributed by atoms with Gasteiger partial charge in [-0.3, -0.25) is 14.9 Å². The van der Waals surface area contributed by atoms with E-state index in [1.165, 1.54) is 12.1 Å². The van der Waals surface area contributed by atoms with Crippen LogP contribution in [-0.4, -0.2) is 30.4 Å². The minimum atomic E-state index is -0.569. The molecule has 28 heavy (non-hydrogen) atoms. The van der Waals surface area contributed by atoms with Gasteiger partial charge in [-0.2, -0.15) is 5.10 Å². The predicted octanol–water partition coefficient (Wildman–Crippen LogP) is 3.69. The van der Waals surface area contributed by atoms with E-state index in [9.17, 15) is 14.9 Å². The SMILES string of the molecule is Cc1cc(Br)c(OCC(=O)N/N=C\c2cc3c(cc2[N+](=O)[O-])OCO3)c(Br)c1. The van der Waals surface area contributed by atoms with E-state index in [1.807, 2.05) is 19.1 Å². The van der Waals surface area contributed by atoms with Crippen LogP contribution in [0.1, 0.15) is 11.1 Å². The summed E-state index contributed by atoms with van der Waals surface area (Å²) in [5.74, 6) is 0.612. The van der Waals surface area contributed by atoms with Gasteiger partial charge in [0.2, 0.25) is 6.79 Å². The molecule has 11 heteroatoms. The Kier molecular flexibility index (Phi) is 6.15. The van der Waals surface area contributed by atoms with Crippen molar-refractivity contribution in [3.8, 4) is 17.2 Å². The molecule has 1 aliphatic heterocycles. The summed E-state index contributed by atoms with van der Waals surface area (Å²) >= 11 is 6.75. The van der Waals surface area contributed by atoms with Gasteiger partial charge in [0.05, 0.1) is 31.7 Å². The number of carbonyl (C=O) groups excluding carboxylic acids is 1. The number of nitro benzene ring substituents is 1. The maximum atomic E-state index is 11.9. The predicted molar refractivity (Wildman–Crippen MR) is 107 cm³/mol. The molecule has 0 radical (unpaired) electrons. The number of ether oxygens (including phenoxy) is 3. The van der Waals surface area contributed by atoms with Gasteiger partial charge in [-0.1, -0.05) is 0 Å². The summed E-state index contributed by atoms with van der Waals surface area (Å²) in [6.07, 6.45) is 1.16. The number of carbonyl (C=O) groups is 1. The van der Waals surface area contributed by atoms with Crippen LogP contribution < -0.4 is 19.6 Å². The van der Waals surface area contributed by atoms with Crippen molar-refractivity contribution in [2.45, 2.75) is 6.92 Å². The molecule has 1 N–H and O–H groups in total. The van der Waals surface area contributed by atoms with Crippen LogP contribution in [0.2, 0.25) is 0 Å². The average Bonchev–Trinajstić information content (AvgIpc) is 3.07. The average molecular weight is 515 g/mol. The first-order valence-corrected chi connectivity index (χ1v) is 9.42. The van der Waals surface area contributed by atoms with E-state index in [0.29, 0.717) is 20.4 Å². The van der Waals surface area contributed by atoms with Crippen molar-refractivity contribution in [3.05, 3.63) is 54.5 Å². The number of nitrogens with zero attached hydrogens (tertiary/aromatic N) is 2. The van der Waals surface area contributed by atoms with Crippen LogP contribution in [0.3, 0.4) is 0 Å². The quantitative estimate of drug-likeness (QED) is 0.357. The van der Waals surface area contributed by atoms with E-state index in [1.54, 1.807) is 0 Å². The topological polar surface area (TPSA) is 112 Å². The van der Waals surface area contributed by atoms with Gasteiger partial charge in [-0.15, -0.1) is 0 Å². The summed E-state index contributed by atoms with van der Waals surface area (Å²) in [6, 6.07) is 6.39. The number of halogens is 2. The molecule has 3 rings (SSSR count). The van der Waals surface area contributed by atoms with Crippen molar-refractivity contribution >= 4 is 49.7 Å². The van der Waals surface area contributed by atoms with Crippen molar-refractivity contribution in [3.63, 3.8) is 0 Å². The normalized spacial score (nSPS) is 12.2. The van der Waals surface area contributed by atoms with Gasteiger partial charge in [0.1, 0.15) is 5.75 Å². The highest BCUT2D eigenvalue weighted by atomic mass is 79.9. The van der Waals surface area contributed by atoms with Crippen molar-refractivity contribution in [1.29, 1.82) is 0 Å². The summed E-state index contributed by atoms with van der Waals surface area (Å²) in [4.78, 5) is 22.6. The zero-order valence-electron chi connectivity index (χ0n) is 14.4. The van der Waals surface area contributed by atoms with Crippen LogP contribution >= 0.6 is 31.9 Å². The van der Waals surface area contributed by atoms with Crippen molar-refractivity contribution < 1.29 is 23.9 Å². The molecule has 0 atom stereocenters. The molecule has 0 unspecified atom stereocenters. The summed E-state index contributed by atoms with van der Waals surface area (Å²) in [6.45, 7) is 1.63. The Morgan fingerprint density at radius 1 is 1.29 bits per heavy atom. The molecule has 0 bridgehead atoms. The van der Waals surface area contributed by atoms with Crippen molar-refractivity contribution in [2.75, 3.05) is 13.4 Å². The molecule has 0 aliphatic carbocycles. The Labute approximate surface area is 176 Å². The lowest BCUT2D eigenvalue weighted by Crippen LogP contribution is -2.24. The molecule has 1 aliphatic rings. The van der Waals surface area contributed by atoms with E-state index in [2.05, 4.69) is 42.4 Å². The molecule has 1 amide bonds. The first-order chi connectivity index (χ1) is 13.3. The molecule has 1 heterocycles. The number of nitrogens with one attached hydrogen (secondary N) is 1. The number of aryl methyl sites for hydroxylation is 1. The third kappa shape index (κ3) is 4.60. The van der Waals surface area contributed by atoms with Gasteiger partial charge >= 0.3 is 0 Å². The van der Waals surface area contributed by atoms with Crippen molar-refractivity contribution in [1.82, 2.24) is 5.43 Å². The summed E-state index contributed by atoms with van der Waals surface area (Å²) in [7, 11) is 0. The van der Waals surface area contributed by atoms with Gasteiger partial charge < -0.3 is 14.2 Å². The standard InChI is InChI=1S/C17H13Br2N3O6/c1-9-2-11(18)17(12(19)3-9)26-7-16(23)21-20-6-10-4-14-15(28-8-27-14)5-13(10)22(24)25/h2-6H,7-8H2,1H3,(H,21,23)/b20-6-. The Balaban J connectivity index is 1.64. The third-order valence-electron chi connectivity index (χ3n) is 3.60. The Hall–Kier alpha value is -2.66. The fourth-order valence-electron chi connectivity index (χ4n) is 2.38. The Morgan fingerprint density at radius 2 is 1.93 bits per heavy atom. The number of amides is 1. The second-order valence-corrected chi connectivity index (χ2v) is 7.37. The number of hydrazone groups is 1. The van der Waals surface area contributed by atoms with Crippen LogP contribution in [0.25, 0.3) is 0 Å². The summed E-state index contributed by atoms with van der Waals surface area (Å²) in [5, 5.41) is 14.9. The number of hydrogen-bond acceptors (Lipinski definition) is 7. The first-order valence-electron chi connectivity index (χ1n) is 7.83. The number of fused-ring (bicyclic) bond motifs is 1. The van der Waals surface area contributed by atoms with Crippen LogP contribution in [0.5, 0.6) is 17.2 Å². The largest absolute Gasteiger partial charge is 0.481 e. The van der Waals surface area contributed by atoms with E-state index >= 15 is 0 Å². The van der Waals surface area contributed by atoms with Crippen molar-refractivity contribution in [2.24, 2.45) is 5.10 Å². The second kappa shape index (κ2) is 8.57. The van der Waals surface area contributed by atoms with E-state index in [-0.39, 0.29) is 30.4 Å². The molecule has 0 fully saturated rings. The highest BCUT2D eigenvalue weighted by Gasteiger charge is 2.22. The van der Waals surface area contributed by atoms with Gasteiger partial charge in [0, 0.05) is 0 Å². The summed E-state index contributed by atoms with van der Waals surface area (Å²) < 4.78 is 17.2. The molecular formula is C17H13Br2N3O6. The molecule has 2 aromatic carbocycles. The van der Waals surface area contributed by atoms with Gasteiger partial charge in [-0.25, -0.2) is 5.43 Å². The van der Waals surface area contributed by atoms with Gasteiger partial charge in [-0.05, 0) is 62.5 Å². The molecule has 0 spiro atoms. The summed E-state index contributed by atoms with van der Waals surface area (Å²) in [5.41, 5.74) is 3.23. The van der Waals surface area contributed by atoms with Gasteiger partial charge in [0.15, 0.2) is 18.1 Å². The van der Waals surface area contributed by atoms with Crippen LogP contribution in [0.4, 0.5) is 5.69 Å². The zero-order valence-corrected chi connectivity index (χ0v) is 17.6. The maximum Gasteiger partial charge on any atom is 0.282 e. The molecule has 0 saturated carbocycles. The fraction of sp³-hybridized carbons (Fsp3) is 0.176. The third-order valence-corrected chi connectivity index (χ3v) is 4.78. The Morgan fingerprint density at radius 3 is 2.57 bits per heavy atom. The Bertz CT molecular complexity index is 957. The molecule has 0 aromatic heterocycles. The van der Waals surface area contributed by atoms with E-state index in [0.717, 1.165) is 11.8 Å². The maximum absolute atomic E-state index is 11.9. The minimum Gasteiger partial charge on any atom is -0.481 e. The number of nitro groups is 1. The van der Waals surface area contributed by atoms with Crippen LogP contribution in [-0.2, 0) is 4.79 Å². The fourth-order valence-corrected chi connectivity index (χ4v) is 4.02. The zero-order chi connectivity index (χ0) is 20.3. The first kappa shape index (κ1) is 20.1. The second-order valence-electron chi connectivity index (χ2n) is 5.66.